The molecule has 0 amide bonds. The van der Waals surface area contributed by atoms with Gasteiger partial charge in [0.25, 0.3) is 0 Å². The van der Waals surface area contributed by atoms with Crippen molar-refractivity contribution in [1.82, 2.24) is 0 Å². The van der Waals surface area contributed by atoms with E-state index in [0.717, 1.165) is 17.7 Å². The molecule has 0 saturated carbocycles. The van der Waals surface area contributed by atoms with E-state index in [4.69, 9.17) is 10.5 Å². The zero-order valence-electron chi connectivity index (χ0n) is 10.2. The zero-order chi connectivity index (χ0) is 12.8. The van der Waals surface area contributed by atoms with Gasteiger partial charge in [-0.15, -0.1) is 0 Å². The second-order valence-corrected chi connectivity index (χ2v) is 4.14. The van der Waals surface area contributed by atoms with Crippen LogP contribution >= 0.6 is 0 Å². The molecular formula is C15H17NO2. The molecule has 0 saturated heterocycles. The fourth-order valence-electron chi connectivity index (χ4n) is 1.68. The number of nitrogens with two attached hydrogens (primary N) is 1. The highest BCUT2D eigenvalue weighted by atomic mass is 16.5. The Morgan fingerprint density at radius 2 is 1.50 bits per heavy atom. The van der Waals surface area contributed by atoms with E-state index >= 15 is 0 Å². The number of phenols is 1. The van der Waals surface area contributed by atoms with E-state index in [1.807, 2.05) is 36.4 Å². The molecule has 2 aromatic rings. The molecule has 0 aromatic heterocycles. The average Bonchev–Trinajstić information content (AvgIpc) is 2.40. The molecule has 0 radical (unpaired) electrons. The first-order chi connectivity index (χ1) is 8.78. The summed E-state index contributed by atoms with van der Waals surface area (Å²) < 4.78 is 5.65. The summed E-state index contributed by atoms with van der Waals surface area (Å²) in [6.45, 7) is 1.16. The van der Waals surface area contributed by atoms with Gasteiger partial charge >= 0.3 is 0 Å². The van der Waals surface area contributed by atoms with Crippen molar-refractivity contribution in [2.75, 3.05) is 6.54 Å². The molecule has 2 rings (SSSR count). The SMILES string of the molecule is NCCc1ccc(OCc2ccc(O)cc2)cc1. The smallest absolute Gasteiger partial charge is 0.119 e. The number of ether oxygens (including phenoxy) is 1. The van der Waals surface area contributed by atoms with Crippen molar-refractivity contribution in [2.45, 2.75) is 13.0 Å². The van der Waals surface area contributed by atoms with Gasteiger partial charge in [-0.3, -0.25) is 0 Å². The lowest BCUT2D eigenvalue weighted by Crippen LogP contribution is -2.02. The lowest BCUT2D eigenvalue weighted by Gasteiger charge is -2.07. The van der Waals surface area contributed by atoms with Crippen molar-refractivity contribution in [3.8, 4) is 11.5 Å². The van der Waals surface area contributed by atoms with E-state index in [9.17, 15) is 5.11 Å². The molecule has 3 N–H and O–H groups in total. The van der Waals surface area contributed by atoms with Crippen LogP contribution in [0.2, 0.25) is 0 Å². The second-order valence-electron chi connectivity index (χ2n) is 4.14. The standard InChI is InChI=1S/C15H17NO2/c16-10-9-12-3-7-15(8-4-12)18-11-13-1-5-14(17)6-2-13/h1-8,17H,9-11,16H2. The number of rotatable bonds is 5. The van der Waals surface area contributed by atoms with Gasteiger partial charge in [-0.1, -0.05) is 24.3 Å². The molecular weight excluding hydrogens is 226 g/mol. The van der Waals surface area contributed by atoms with Crippen LogP contribution in [0.1, 0.15) is 11.1 Å². The Bertz CT molecular complexity index is 477. The summed E-state index contributed by atoms with van der Waals surface area (Å²) in [5.74, 6) is 1.11. The third-order valence-corrected chi connectivity index (χ3v) is 2.70. The molecule has 18 heavy (non-hydrogen) atoms. The van der Waals surface area contributed by atoms with Crippen LogP contribution in [-0.2, 0) is 13.0 Å². The summed E-state index contributed by atoms with van der Waals surface area (Å²) >= 11 is 0. The van der Waals surface area contributed by atoms with Crippen molar-refractivity contribution in [3.05, 3.63) is 59.7 Å². The van der Waals surface area contributed by atoms with E-state index in [0.29, 0.717) is 13.2 Å². The quantitative estimate of drug-likeness (QED) is 0.848. The van der Waals surface area contributed by atoms with Gasteiger partial charge in [0.2, 0.25) is 0 Å². The molecule has 0 spiro atoms. The van der Waals surface area contributed by atoms with Gasteiger partial charge in [-0.2, -0.15) is 0 Å². The Balaban J connectivity index is 1.91. The summed E-state index contributed by atoms with van der Waals surface area (Å²) in [6, 6.07) is 15.0. The van der Waals surface area contributed by atoms with Crippen LogP contribution in [0.4, 0.5) is 0 Å². The van der Waals surface area contributed by atoms with Crippen LogP contribution in [0.3, 0.4) is 0 Å². The topological polar surface area (TPSA) is 55.5 Å². The first-order valence-corrected chi connectivity index (χ1v) is 5.97. The van der Waals surface area contributed by atoms with Crippen molar-refractivity contribution in [3.63, 3.8) is 0 Å². The Morgan fingerprint density at radius 3 is 2.11 bits per heavy atom. The maximum Gasteiger partial charge on any atom is 0.119 e. The molecule has 0 aliphatic carbocycles. The molecule has 0 aliphatic heterocycles. The van der Waals surface area contributed by atoms with E-state index in [1.54, 1.807) is 12.1 Å². The monoisotopic (exact) mass is 243 g/mol. The van der Waals surface area contributed by atoms with E-state index in [1.165, 1.54) is 5.56 Å². The number of benzene rings is 2. The Hall–Kier alpha value is -2.00. The largest absolute Gasteiger partial charge is 0.508 e. The normalized spacial score (nSPS) is 10.3. The highest BCUT2D eigenvalue weighted by Crippen LogP contribution is 2.15. The lowest BCUT2D eigenvalue weighted by atomic mass is 10.1. The first kappa shape index (κ1) is 12.5. The zero-order valence-corrected chi connectivity index (χ0v) is 10.2. The number of phenolic OH excluding ortho intramolecular Hbond substituents is 1. The van der Waals surface area contributed by atoms with Crippen molar-refractivity contribution < 1.29 is 9.84 Å². The summed E-state index contributed by atoms with van der Waals surface area (Å²) in [4.78, 5) is 0. The fraction of sp³-hybridized carbons (Fsp3) is 0.200. The highest BCUT2D eigenvalue weighted by molar-refractivity contribution is 5.29. The van der Waals surface area contributed by atoms with Crippen LogP contribution in [-0.4, -0.2) is 11.7 Å². The van der Waals surface area contributed by atoms with Gasteiger partial charge in [0.15, 0.2) is 0 Å². The number of hydrogen-bond acceptors (Lipinski definition) is 3. The minimum Gasteiger partial charge on any atom is -0.508 e. The average molecular weight is 243 g/mol. The maximum atomic E-state index is 9.17. The summed E-state index contributed by atoms with van der Waals surface area (Å²) in [7, 11) is 0. The molecule has 0 unspecified atom stereocenters. The predicted octanol–water partition coefficient (Wildman–Crippen LogP) is 2.47. The Kier molecular flexibility index (Phi) is 4.20. The van der Waals surface area contributed by atoms with Crippen LogP contribution in [0, 0.1) is 0 Å². The van der Waals surface area contributed by atoms with Crippen molar-refractivity contribution >= 4 is 0 Å². The molecule has 0 fully saturated rings. The number of aromatic hydroxyl groups is 1. The lowest BCUT2D eigenvalue weighted by molar-refractivity contribution is 0.306. The Labute approximate surface area is 107 Å². The molecule has 94 valence electrons. The summed E-state index contributed by atoms with van der Waals surface area (Å²) in [5, 5.41) is 9.17. The van der Waals surface area contributed by atoms with Gasteiger partial charge in [-0.25, -0.2) is 0 Å². The van der Waals surface area contributed by atoms with Crippen LogP contribution < -0.4 is 10.5 Å². The third kappa shape index (κ3) is 3.50. The van der Waals surface area contributed by atoms with Gasteiger partial charge in [0.05, 0.1) is 0 Å². The Morgan fingerprint density at radius 1 is 0.889 bits per heavy atom. The van der Waals surface area contributed by atoms with E-state index in [-0.39, 0.29) is 5.75 Å². The maximum absolute atomic E-state index is 9.17. The highest BCUT2D eigenvalue weighted by Gasteiger charge is 1.97. The third-order valence-electron chi connectivity index (χ3n) is 2.70. The van der Waals surface area contributed by atoms with Crippen molar-refractivity contribution in [1.29, 1.82) is 0 Å². The van der Waals surface area contributed by atoms with Gasteiger partial charge in [0.1, 0.15) is 18.1 Å². The predicted molar refractivity (Wildman–Crippen MR) is 71.6 cm³/mol. The second kappa shape index (κ2) is 6.07. The van der Waals surface area contributed by atoms with Crippen LogP contribution in [0.15, 0.2) is 48.5 Å². The first-order valence-electron chi connectivity index (χ1n) is 5.97. The van der Waals surface area contributed by atoms with Gasteiger partial charge < -0.3 is 15.6 Å². The van der Waals surface area contributed by atoms with E-state index in [2.05, 4.69) is 0 Å². The molecule has 0 aliphatic rings. The van der Waals surface area contributed by atoms with E-state index < -0.39 is 0 Å². The summed E-state index contributed by atoms with van der Waals surface area (Å²) in [5.41, 5.74) is 7.74. The molecule has 3 heteroatoms. The molecule has 0 atom stereocenters. The number of hydrogen-bond donors (Lipinski definition) is 2. The van der Waals surface area contributed by atoms with Gasteiger partial charge in [0, 0.05) is 0 Å². The molecule has 2 aromatic carbocycles. The minimum atomic E-state index is 0.268. The fourth-order valence-corrected chi connectivity index (χ4v) is 1.68. The molecule has 0 bridgehead atoms. The minimum absolute atomic E-state index is 0.268. The molecule has 3 nitrogen and oxygen atoms in total. The van der Waals surface area contributed by atoms with Crippen LogP contribution in [0.25, 0.3) is 0 Å². The van der Waals surface area contributed by atoms with Gasteiger partial charge in [-0.05, 0) is 48.4 Å². The molecule has 0 heterocycles. The van der Waals surface area contributed by atoms with Crippen molar-refractivity contribution in [2.24, 2.45) is 5.73 Å². The summed E-state index contributed by atoms with van der Waals surface area (Å²) in [6.07, 6.45) is 0.887. The van der Waals surface area contributed by atoms with Crippen LogP contribution in [0.5, 0.6) is 11.5 Å².